The average molecular weight is 510 g/mol. The minimum absolute atomic E-state index is 0.0382. The van der Waals surface area contributed by atoms with Gasteiger partial charge in [-0.1, -0.05) is 57.9 Å². The fourth-order valence-corrected chi connectivity index (χ4v) is 3.76. The number of nitrogens with one attached hydrogen (secondary N) is 2. The second-order valence-electron chi connectivity index (χ2n) is 9.76. The fourth-order valence-electron chi connectivity index (χ4n) is 3.31. The van der Waals surface area contributed by atoms with Gasteiger partial charge in [-0.05, 0) is 58.2 Å². The summed E-state index contributed by atoms with van der Waals surface area (Å²) in [5.41, 5.74) is 1.99. The van der Waals surface area contributed by atoms with Crippen LogP contribution >= 0.6 is 12.8 Å². The number of halogens is 1. The zero-order valence-electron chi connectivity index (χ0n) is 22.5. The molecule has 7 nitrogen and oxygen atoms in total. The molecule has 1 fully saturated rings. The molecule has 3 unspecified atom stereocenters. The van der Waals surface area contributed by atoms with Gasteiger partial charge < -0.3 is 15.0 Å². The van der Waals surface area contributed by atoms with Gasteiger partial charge in [0.05, 0.1) is 17.8 Å². The van der Waals surface area contributed by atoms with Crippen molar-refractivity contribution in [3.63, 3.8) is 0 Å². The van der Waals surface area contributed by atoms with Crippen molar-refractivity contribution in [2.24, 2.45) is 10.5 Å². The zero-order chi connectivity index (χ0) is 27.2. The van der Waals surface area contributed by atoms with Crippen molar-refractivity contribution in [1.29, 1.82) is 0 Å². The van der Waals surface area contributed by atoms with Gasteiger partial charge in [0.25, 0.3) is 0 Å². The largest absolute Gasteiger partial charge is 0.352 e. The predicted molar refractivity (Wildman–Crippen MR) is 148 cm³/mol. The minimum atomic E-state index is -0.332. The molecule has 3 atom stereocenters. The van der Waals surface area contributed by atoms with Gasteiger partial charge in [0.2, 0.25) is 6.41 Å². The Morgan fingerprint density at radius 1 is 1.31 bits per heavy atom. The van der Waals surface area contributed by atoms with Gasteiger partial charge in [-0.25, -0.2) is 4.39 Å². The first-order valence-corrected chi connectivity index (χ1v) is 12.2. The van der Waals surface area contributed by atoms with Crippen LogP contribution in [0.3, 0.4) is 0 Å². The summed E-state index contributed by atoms with van der Waals surface area (Å²) in [5.74, 6) is -0.332. The molecule has 198 valence electrons. The van der Waals surface area contributed by atoms with Crippen LogP contribution in [0.2, 0.25) is 0 Å². The molecule has 1 aliphatic heterocycles. The number of benzene rings is 1. The Kier molecular flexibility index (Phi) is 15.4. The van der Waals surface area contributed by atoms with E-state index in [2.05, 4.69) is 53.5 Å². The molecule has 9 heteroatoms. The Morgan fingerprint density at radius 2 is 1.89 bits per heavy atom. The van der Waals surface area contributed by atoms with Crippen molar-refractivity contribution in [2.75, 3.05) is 20.6 Å². The molecule has 0 bridgehead atoms. The van der Waals surface area contributed by atoms with E-state index in [9.17, 15) is 14.0 Å². The van der Waals surface area contributed by atoms with Gasteiger partial charge in [-0.15, -0.1) is 0 Å². The maximum atomic E-state index is 13.6. The van der Waals surface area contributed by atoms with Crippen LogP contribution in [0, 0.1) is 5.41 Å². The number of hydrazone groups is 1. The van der Waals surface area contributed by atoms with Gasteiger partial charge in [-0.2, -0.15) is 5.10 Å². The Balaban J connectivity index is 0.000000593. The number of likely N-dealkylation sites (tertiary alicyclic amines) is 1. The quantitative estimate of drug-likeness (QED) is 0.202. The molecule has 0 saturated carbocycles. The number of carbonyl (C=O) groups is 2. The van der Waals surface area contributed by atoms with E-state index < -0.39 is 0 Å². The monoisotopic (exact) mass is 509 g/mol. The first kappa shape index (κ1) is 32.8. The summed E-state index contributed by atoms with van der Waals surface area (Å²) < 4.78 is 16.2. The molecule has 35 heavy (non-hydrogen) atoms. The van der Waals surface area contributed by atoms with Gasteiger partial charge >= 0.3 is 0 Å². The lowest BCUT2D eigenvalue weighted by molar-refractivity contribution is -0.111. The summed E-state index contributed by atoms with van der Waals surface area (Å²) in [6, 6.07) is 7.87. The molecule has 2 rings (SSSR count). The lowest BCUT2D eigenvalue weighted by atomic mass is 9.88. The van der Waals surface area contributed by atoms with E-state index in [1.54, 1.807) is 19.2 Å². The van der Waals surface area contributed by atoms with Crippen LogP contribution < -0.4 is 10.0 Å². The van der Waals surface area contributed by atoms with Gasteiger partial charge in [-0.3, -0.25) is 14.5 Å². The van der Waals surface area contributed by atoms with Gasteiger partial charge in [0.15, 0.2) is 0 Å². The van der Waals surface area contributed by atoms with Crippen LogP contribution in [0.5, 0.6) is 0 Å². The molecule has 1 heterocycles. The van der Waals surface area contributed by atoms with Crippen molar-refractivity contribution in [3.05, 3.63) is 41.2 Å². The number of thiol groups is 1. The highest BCUT2D eigenvalue weighted by Crippen LogP contribution is 2.24. The first-order chi connectivity index (χ1) is 16.3. The number of aldehydes is 1. The third-order valence-electron chi connectivity index (χ3n) is 5.96. The van der Waals surface area contributed by atoms with E-state index in [1.165, 1.54) is 31.3 Å². The number of allylic oxidation sites excluding steroid dienone is 1. The van der Waals surface area contributed by atoms with Crippen molar-refractivity contribution in [2.45, 2.75) is 72.5 Å². The average Bonchev–Trinajstić information content (AvgIpc) is 3.17. The fraction of sp³-hybridized carbons (Fsp3) is 0.577. The van der Waals surface area contributed by atoms with Crippen molar-refractivity contribution in [1.82, 2.24) is 19.9 Å². The van der Waals surface area contributed by atoms with Crippen molar-refractivity contribution < 1.29 is 14.0 Å². The van der Waals surface area contributed by atoms with Crippen LogP contribution in [0.25, 0.3) is 5.70 Å². The third kappa shape index (κ3) is 11.8. The number of rotatable bonds is 8. The smallest absolute Gasteiger partial charge is 0.207 e. The molecule has 1 saturated heterocycles. The first-order valence-electron chi connectivity index (χ1n) is 11.8. The second kappa shape index (κ2) is 16.4. The van der Waals surface area contributed by atoms with E-state index >= 15 is 0 Å². The maximum absolute atomic E-state index is 13.6. The Morgan fingerprint density at radius 3 is 2.14 bits per heavy atom. The van der Waals surface area contributed by atoms with E-state index in [0.717, 1.165) is 17.9 Å². The molecule has 1 aliphatic rings. The molecule has 0 aliphatic carbocycles. The summed E-state index contributed by atoms with van der Waals surface area (Å²) >= 11 is 3.81. The highest BCUT2D eigenvalue weighted by molar-refractivity contribution is 7.78. The molecule has 2 N–H and O–H groups in total. The summed E-state index contributed by atoms with van der Waals surface area (Å²) in [6.45, 7) is 16.2. The highest BCUT2D eigenvalue weighted by Gasteiger charge is 2.22. The lowest BCUT2D eigenvalue weighted by Gasteiger charge is -2.24. The Bertz CT molecular complexity index is 799. The van der Waals surface area contributed by atoms with Gasteiger partial charge in [0.1, 0.15) is 12.1 Å². The van der Waals surface area contributed by atoms with Crippen LogP contribution in [0.4, 0.5) is 4.39 Å². The Labute approximate surface area is 216 Å². The van der Waals surface area contributed by atoms with E-state index in [4.69, 9.17) is 0 Å². The molecular weight excluding hydrogens is 465 g/mol. The summed E-state index contributed by atoms with van der Waals surface area (Å²) in [7, 11) is 3.83. The molecular formula is C26H44FN5O2S. The van der Waals surface area contributed by atoms with Crippen LogP contribution in [-0.4, -0.2) is 62.0 Å². The van der Waals surface area contributed by atoms with E-state index in [-0.39, 0.29) is 23.3 Å². The van der Waals surface area contributed by atoms with E-state index in [0.29, 0.717) is 17.7 Å². The molecule has 0 spiro atoms. The van der Waals surface area contributed by atoms with Crippen molar-refractivity contribution in [3.8, 4) is 0 Å². The maximum Gasteiger partial charge on any atom is 0.207 e. The SMILES string of the molecule is C=NN(C)/C(=C(\C)F)c1ccc(C(C)NC=O)cc1.CC(C)(C)C(C=O)NS.CC1CCCN1C. The summed E-state index contributed by atoms with van der Waals surface area (Å²) in [6.07, 6.45) is 4.33. The molecule has 0 aromatic heterocycles. The van der Waals surface area contributed by atoms with Crippen molar-refractivity contribution >= 4 is 37.9 Å². The minimum Gasteiger partial charge on any atom is -0.352 e. The number of nitrogens with zero attached hydrogens (tertiary/aromatic N) is 3. The number of hydrogen-bond donors (Lipinski definition) is 3. The van der Waals surface area contributed by atoms with Crippen LogP contribution in [-0.2, 0) is 9.59 Å². The van der Waals surface area contributed by atoms with E-state index in [1.807, 2.05) is 39.8 Å². The zero-order valence-corrected chi connectivity index (χ0v) is 23.4. The normalized spacial score (nSPS) is 17.9. The third-order valence-corrected chi connectivity index (χ3v) is 6.24. The predicted octanol–water partition coefficient (Wildman–Crippen LogP) is 4.83. The van der Waals surface area contributed by atoms with Crippen LogP contribution in [0.1, 0.15) is 71.6 Å². The standard InChI is InChI=1S/C14H18FN3O.C6H13NOS.C6H13N/c1-10(15)14(18(4)16-3)13-7-5-12(6-8-13)11(2)17-9-19;1-6(2,3)5(4-8)7-9;1-6-4-3-5-7(6)2/h5-9,11H,3H2,1-2,4H3,(H,17,19);4-5,7,9H,1-3H3;6H,3-5H2,1-2H3/b14-10+;;. The number of amides is 1. The topological polar surface area (TPSA) is 77.0 Å². The second-order valence-corrected chi connectivity index (χ2v) is 10.0. The molecule has 1 amide bonds. The van der Waals surface area contributed by atoms with Gasteiger partial charge in [0, 0.05) is 25.4 Å². The summed E-state index contributed by atoms with van der Waals surface area (Å²) in [4.78, 5) is 23.1. The molecule has 1 aromatic rings. The number of carbonyl (C=O) groups excluding carboxylic acids is 2. The Hall–Kier alpha value is -2.23. The lowest BCUT2D eigenvalue weighted by Crippen LogP contribution is -2.36. The summed E-state index contributed by atoms with van der Waals surface area (Å²) in [5, 5.41) is 7.75. The highest BCUT2D eigenvalue weighted by atomic mass is 32.1. The van der Waals surface area contributed by atoms with Crippen LogP contribution in [0.15, 0.2) is 35.2 Å². The molecule has 0 radical (unpaired) electrons. The number of hydrogen-bond acceptors (Lipinski definition) is 7. The molecule has 1 aromatic carbocycles.